The lowest BCUT2D eigenvalue weighted by atomic mass is 9.99. The number of benzene rings is 2. The van der Waals surface area contributed by atoms with E-state index >= 15 is 0 Å². The van der Waals surface area contributed by atoms with Crippen LogP contribution in [0.1, 0.15) is 111 Å². The fraction of sp³-hybridized carbons (Fsp3) is 0.553. The molecule has 0 fully saturated rings. The first-order chi connectivity index (χ1) is 23.4. The molecule has 276 valence electrons. The Kier molecular flexibility index (Phi) is 16.2. The normalized spacial score (nSPS) is 13.3. The molecule has 0 spiro atoms. The zero-order chi connectivity index (χ0) is 37.5. The quantitative estimate of drug-likeness (QED) is 0.117. The Morgan fingerprint density at radius 1 is 0.780 bits per heavy atom. The molecule has 50 heavy (non-hydrogen) atoms. The van der Waals surface area contributed by atoms with Crippen LogP contribution in [-0.4, -0.2) is 69.6 Å². The maximum Gasteiger partial charge on any atom is 0.408 e. The molecule has 2 rings (SSSR count). The second-order valence-electron chi connectivity index (χ2n) is 14.4. The lowest BCUT2D eigenvalue weighted by Crippen LogP contribution is -2.55. The van der Waals surface area contributed by atoms with Gasteiger partial charge in [0.2, 0.25) is 17.7 Å². The molecule has 0 aliphatic heterocycles. The fourth-order valence-corrected chi connectivity index (χ4v) is 5.28. The number of rotatable bonds is 18. The number of carbonyl (C=O) groups is 5. The van der Waals surface area contributed by atoms with Gasteiger partial charge in [-0.05, 0) is 71.2 Å². The molecule has 0 heterocycles. The number of alkyl carbamates (subject to hydrolysis) is 1. The number of nitrogens with two attached hydrogens (primary N) is 1. The van der Waals surface area contributed by atoms with Gasteiger partial charge in [-0.3, -0.25) is 14.4 Å². The van der Waals surface area contributed by atoms with Crippen LogP contribution >= 0.6 is 0 Å². The highest BCUT2D eigenvalue weighted by atomic mass is 16.6. The molecular formula is C38H56N4O8. The molecule has 12 nitrogen and oxygen atoms in total. The van der Waals surface area contributed by atoms with Crippen molar-refractivity contribution in [2.45, 2.75) is 129 Å². The number of esters is 1. The molecule has 2 aromatic carbocycles. The molecule has 0 saturated heterocycles. The molecule has 2 aromatic rings. The van der Waals surface area contributed by atoms with Gasteiger partial charge in [-0.25, -0.2) is 9.59 Å². The highest BCUT2D eigenvalue weighted by molar-refractivity contribution is 5.95. The molecule has 0 radical (unpaired) electrons. The second kappa shape index (κ2) is 19.5. The van der Waals surface area contributed by atoms with E-state index in [0.717, 1.165) is 37.7 Å². The van der Waals surface area contributed by atoms with Gasteiger partial charge in [-0.2, -0.15) is 0 Å². The van der Waals surface area contributed by atoms with E-state index < -0.39 is 65.5 Å². The largest absolute Gasteiger partial charge is 0.508 e. The molecule has 12 heteroatoms. The van der Waals surface area contributed by atoms with Crippen molar-refractivity contribution in [3.63, 3.8) is 0 Å². The highest BCUT2D eigenvalue weighted by Gasteiger charge is 2.38. The zero-order valence-electron chi connectivity index (χ0n) is 30.6. The molecule has 0 aliphatic carbocycles. The van der Waals surface area contributed by atoms with Gasteiger partial charge in [-0.15, -0.1) is 0 Å². The topological polar surface area (TPSA) is 177 Å². The van der Waals surface area contributed by atoms with E-state index in [9.17, 15) is 29.1 Å². The number of carbonyl (C=O) groups excluding carboxylic acids is 5. The number of nitrogens with zero attached hydrogens (tertiary/aromatic N) is 1. The minimum Gasteiger partial charge on any atom is -0.508 e. The number of unbranched alkanes of at least 4 members (excludes halogenated alkanes) is 5. The third-order valence-electron chi connectivity index (χ3n) is 7.49. The van der Waals surface area contributed by atoms with Crippen LogP contribution in [0.2, 0.25) is 0 Å². The first-order valence-electron chi connectivity index (χ1n) is 17.3. The summed E-state index contributed by atoms with van der Waals surface area (Å²) >= 11 is 0. The summed E-state index contributed by atoms with van der Waals surface area (Å²) in [5.41, 5.74) is 4.89. The number of primary amides is 1. The van der Waals surface area contributed by atoms with Crippen molar-refractivity contribution >= 4 is 29.8 Å². The van der Waals surface area contributed by atoms with Crippen LogP contribution in [0.15, 0.2) is 54.6 Å². The van der Waals surface area contributed by atoms with Crippen LogP contribution in [-0.2, 0) is 35.1 Å². The van der Waals surface area contributed by atoms with Crippen molar-refractivity contribution in [2.24, 2.45) is 5.73 Å². The molecule has 3 atom stereocenters. The average Bonchev–Trinajstić information content (AvgIpc) is 3.00. The van der Waals surface area contributed by atoms with Gasteiger partial charge in [0.25, 0.3) is 0 Å². The lowest BCUT2D eigenvalue weighted by Gasteiger charge is -2.35. The van der Waals surface area contributed by atoms with Crippen LogP contribution in [0.3, 0.4) is 0 Å². The number of phenols is 1. The molecular weight excluding hydrogens is 640 g/mol. The molecule has 0 aliphatic rings. The Morgan fingerprint density at radius 3 is 1.92 bits per heavy atom. The van der Waals surface area contributed by atoms with Gasteiger partial charge in [0.05, 0.1) is 6.42 Å². The van der Waals surface area contributed by atoms with Gasteiger partial charge < -0.3 is 35.8 Å². The predicted octanol–water partition coefficient (Wildman–Crippen LogP) is 5.46. The number of amides is 4. The molecule has 0 saturated carbocycles. The molecule has 4 amide bonds. The van der Waals surface area contributed by atoms with Crippen LogP contribution in [0.4, 0.5) is 4.79 Å². The summed E-state index contributed by atoms with van der Waals surface area (Å²) in [4.78, 5) is 68.8. The van der Waals surface area contributed by atoms with Gasteiger partial charge in [0.1, 0.15) is 35.1 Å². The maximum absolute atomic E-state index is 14.5. The molecule has 0 bridgehead atoms. The fourth-order valence-electron chi connectivity index (χ4n) is 5.28. The van der Waals surface area contributed by atoms with E-state index in [-0.39, 0.29) is 18.7 Å². The Balaban J connectivity index is 2.62. The van der Waals surface area contributed by atoms with Gasteiger partial charge in [0.15, 0.2) is 0 Å². The number of aromatic hydroxyl groups is 1. The van der Waals surface area contributed by atoms with Gasteiger partial charge in [-0.1, -0.05) is 81.5 Å². The number of hydrogen-bond donors (Lipinski definition) is 4. The summed E-state index contributed by atoms with van der Waals surface area (Å²) in [6, 6.07) is 11.0. The van der Waals surface area contributed by atoms with E-state index in [2.05, 4.69) is 17.6 Å². The van der Waals surface area contributed by atoms with E-state index in [4.69, 9.17) is 15.2 Å². The van der Waals surface area contributed by atoms with E-state index in [1.807, 2.05) is 30.3 Å². The standard InChI is InChI=1S/C38H56N4O8/c1-8-9-10-11-12-16-23-42(34(46)29(25-31(39)44)41-36(48)50-38(5,6)7)32(27-19-21-28(43)22-20-27)33(45)40-30(35(47)49-37(2,3)4)24-26-17-14-13-15-18-26/h13-15,17-22,29-30,32,43H,8-12,16,23-25H2,1-7H3,(H2,39,44)(H,40,45)(H,41,48). The summed E-state index contributed by atoms with van der Waals surface area (Å²) in [5.74, 6) is -3.01. The number of phenolic OH excluding ortho intramolecular Hbond substituents is 1. The smallest absolute Gasteiger partial charge is 0.408 e. The summed E-state index contributed by atoms with van der Waals surface area (Å²) in [6.07, 6.45) is 3.92. The van der Waals surface area contributed by atoms with Crippen LogP contribution < -0.4 is 16.4 Å². The third-order valence-corrected chi connectivity index (χ3v) is 7.49. The van der Waals surface area contributed by atoms with Crippen molar-refractivity contribution in [2.75, 3.05) is 6.54 Å². The van der Waals surface area contributed by atoms with E-state index in [1.165, 1.54) is 29.2 Å². The molecule has 5 N–H and O–H groups in total. The highest BCUT2D eigenvalue weighted by Crippen LogP contribution is 2.27. The van der Waals surface area contributed by atoms with Crippen LogP contribution in [0, 0.1) is 0 Å². The maximum atomic E-state index is 14.5. The Morgan fingerprint density at radius 2 is 1.36 bits per heavy atom. The number of nitrogens with one attached hydrogen (secondary N) is 2. The van der Waals surface area contributed by atoms with E-state index in [1.54, 1.807) is 41.5 Å². The van der Waals surface area contributed by atoms with Gasteiger partial charge >= 0.3 is 12.1 Å². The Labute approximate surface area is 296 Å². The molecule has 0 aromatic heterocycles. The summed E-state index contributed by atoms with van der Waals surface area (Å²) in [7, 11) is 0. The lowest BCUT2D eigenvalue weighted by molar-refractivity contribution is -0.159. The minimum absolute atomic E-state index is 0.0596. The Bertz CT molecular complexity index is 1400. The van der Waals surface area contributed by atoms with Crippen molar-refractivity contribution < 1.29 is 38.6 Å². The van der Waals surface area contributed by atoms with Gasteiger partial charge in [0, 0.05) is 13.0 Å². The number of ether oxygens (including phenoxy) is 2. The summed E-state index contributed by atoms with van der Waals surface area (Å²) in [6.45, 7) is 12.3. The number of hydrogen-bond acceptors (Lipinski definition) is 8. The van der Waals surface area contributed by atoms with Crippen molar-refractivity contribution in [3.8, 4) is 5.75 Å². The molecule has 3 unspecified atom stereocenters. The van der Waals surface area contributed by atoms with Crippen molar-refractivity contribution in [1.29, 1.82) is 0 Å². The first-order valence-corrected chi connectivity index (χ1v) is 17.3. The Hall–Kier alpha value is -4.61. The van der Waals surface area contributed by atoms with Crippen LogP contribution in [0.25, 0.3) is 0 Å². The predicted molar refractivity (Wildman–Crippen MR) is 191 cm³/mol. The van der Waals surface area contributed by atoms with E-state index in [0.29, 0.717) is 12.0 Å². The first kappa shape index (κ1) is 41.6. The average molecular weight is 697 g/mol. The SMILES string of the molecule is CCCCCCCCN(C(=O)C(CC(N)=O)NC(=O)OC(C)(C)C)C(C(=O)NC(Cc1ccccc1)C(=O)OC(C)(C)C)c1ccc(O)cc1. The monoisotopic (exact) mass is 696 g/mol. The van der Waals surface area contributed by atoms with Crippen LogP contribution in [0.5, 0.6) is 5.75 Å². The summed E-state index contributed by atoms with van der Waals surface area (Å²) in [5, 5.41) is 15.4. The second-order valence-corrected chi connectivity index (χ2v) is 14.4. The third kappa shape index (κ3) is 15.3. The summed E-state index contributed by atoms with van der Waals surface area (Å²) < 4.78 is 11.0. The zero-order valence-corrected chi connectivity index (χ0v) is 30.6. The van der Waals surface area contributed by atoms with Crippen molar-refractivity contribution in [3.05, 3.63) is 65.7 Å². The minimum atomic E-state index is -1.46. The van der Waals surface area contributed by atoms with Crippen molar-refractivity contribution in [1.82, 2.24) is 15.5 Å².